The molecule has 0 fully saturated rings. The van der Waals surface area contributed by atoms with Gasteiger partial charge < -0.3 is 14.4 Å². The second-order valence-electron chi connectivity index (χ2n) is 6.65. The lowest BCUT2D eigenvalue weighted by Gasteiger charge is -2.44. The fourth-order valence-corrected chi connectivity index (χ4v) is 3.63. The monoisotopic (exact) mass is 348 g/mol. The predicted octanol–water partition coefficient (Wildman–Crippen LogP) is 1.92. The lowest BCUT2D eigenvalue weighted by Crippen LogP contribution is -2.59. The summed E-state index contributed by atoms with van der Waals surface area (Å²) in [4.78, 5) is 27.5. The van der Waals surface area contributed by atoms with Crippen molar-refractivity contribution in [1.82, 2.24) is 10.1 Å². The van der Waals surface area contributed by atoms with Gasteiger partial charge in [-0.15, -0.1) is 0 Å². The van der Waals surface area contributed by atoms with Crippen LogP contribution in [0.4, 0.5) is 0 Å². The molecule has 7 heteroatoms. The number of carbonyl (C=O) groups excluding carboxylic acids is 2. The third-order valence-corrected chi connectivity index (χ3v) is 5.19. The van der Waals surface area contributed by atoms with Crippen molar-refractivity contribution in [1.29, 1.82) is 0 Å². The SMILES string of the molecule is CCCCOc1noc2c1C(=O)[C@@]1(O)C(=O)C=CCC1[C@@H]2N(C)CC. The summed E-state index contributed by atoms with van der Waals surface area (Å²) in [6.07, 6.45) is 5.14. The molecule has 1 aromatic heterocycles. The Morgan fingerprint density at radius 2 is 2.20 bits per heavy atom. The first-order valence-electron chi connectivity index (χ1n) is 8.77. The Labute approximate surface area is 146 Å². The largest absolute Gasteiger partial charge is 0.475 e. The van der Waals surface area contributed by atoms with Crippen LogP contribution in [-0.2, 0) is 4.79 Å². The maximum atomic E-state index is 13.1. The summed E-state index contributed by atoms with van der Waals surface area (Å²) in [6.45, 7) is 5.05. The Morgan fingerprint density at radius 1 is 1.44 bits per heavy atom. The minimum atomic E-state index is -2.09. The molecule has 0 saturated heterocycles. The molecule has 1 unspecified atom stereocenters. The molecule has 0 radical (unpaired) electrons. The van der Waals surface area contributed by atoms with Crippen molar-refractivity contribution >= 4 is 11.6 Å². The zero-order valence-electron chi connectivity index (χ0n) is 14.8. The van der Waals surface area contributed by atoms with E-state index in [2.05, 4.69) is 5.16 Å². The fourth-order valence-electron chi connectivity index (χ4n) is 3.63. The van der Waals surface area contributed by atoms with E-state index in [1.807, 2.05) is 25.8 Å². The van der Waals surface area contributed by atoms with Gasteiger partial charge in [-0.25, -0.2) is 0 Å². The van der Waals surface area contributed by atoms with E-state index in [1.54, 1.807) is 6.08 Å². The highest BCUT2D eigenvalue weighted by Crippen LogP contribution is 2.49. The molecule has 0 aromatic carbocycles. The summed E-state index contributed by atoms with van der Waals surface area (Å²) in [5.41, 5.74) is -1.99. The van der Waals surface area contributed by atoms with Crippen LogP contribution in [0.25, 0.3) is 0 Å². The van der Waals surface area contributed by atoms with Crippen LogP contribution in [0.1, 0.15) is 55.3 Å². The van der Waals surface area contributed by atoms with Crippen LogP contribution in [0.2, 0.25) is 0 Å². The summed E-state index contributed by atoms with van der Waals surface area (Å²) in [7, 11) is 1.87. The molecule has 3 atom stereocenters. The number of hydrogen-bond acceptors (Lipinski definition) is 7. The van der Waals surface area contributed by atoms with Crippen LogP contribution in [-0.4, -0.2) is 52.5 Å². The number of aliphatic hydroxyl groups is 1. The number of unbranched alkanes of at least 4 members (excludes halogenated alkanes) is 1. The lowest BCUT2D eigenvalue weighted by molar-refractivity contribution is -0.137. The number of ether oxygens (including phenoxy) is 1. The fraction of sp³-hybridized carbons (Fsp3) is 0.611. The maximum absolute atomic E-state index is 13.1. The molecule has 2 aliphatic rings. The van der Waals surface area contributed by atoms with Crippen LogP contribution in [0.5, 0.6) is 5.88 Å². The van der Waals surface area contributed by atoms with E-state index in [0.29, 0.717) is 25.3 Å². The van der Waals surface area contributed by atoms with E-state index >= 15 is 0 Å². The normalized spacial score (nSPS) is 28.2. The van der Waals surface area contributed by atoms with Crippen molar-refractivity contribution in [3.63, 3.8) is 0 Å². The number of fused-ring (bicyclic) bond motifs is 2. The molecule has 0 saturated carbocycles. The van der Waals surface area contributed by atoms with E-state index in [9.17, 15) is 14.7 Å². The summed E-state index contributed by atoms with van der Waals surface area (Å²) >= 11 is 0. The molecule has 136 valence electrons. The molecular weight excluding hydrogens is 324 g/mol. The molecule has 0 bridgehead atoms. The van der Waals surface area contributed by atoms with Crippen LogP contribution in [0.3, 0.4) is 0 Å². The molecular formula is C18H24N2O5. The van der Waals surface area contributed by atoms with Gasteiger partial charge in [-0.05, 0) is 37.7 Å². The molecule has 2 aliphatic carbocycles. The van der Waals surface area contributed by atoms with Gasteiger partial charge in [-0.2, -0.15) is 0 Å². The number of allylic oxidation sites excluding steroid dienone is 1. The predicted molar refractivity (Wildman–Crippen MR) is 89.5 cm³/mol. The van der Waals surface area contributed by atoms with Crippen molar-refractivity contribution in [3.8, 4) is 5.88 Å². The molecule has 0 spiro atoms. The number of carbonyl (C=O) groups is 2. The Morgan fingerprint density at radius 3 is 2.88 bits per heavy atom. The Bertz CT molecular complexity index is 710. The Balaban J connectivity index is 2.10. The van der Waals surface area contributed by atoms with Crippen LogP contribution >= 0.6 is 0 Å². The van der Waals surface area contributed by atoms with Gasteiger partial charge in [0.2, 0.25) is 5.78 Å². The van der Waals surface area contributed by atoms with Gasteiger partial charge in [-0.1, -0.05) is 26.3 Å². The highest BCUT2D eigenvalue weighted by Gasteiger charge is 2.61. The molecule has 0 amide bonds. The molecule has 1 aromatic rings. The van der Waals surface area contributed by atoms with Crippen molar-refractivity contribution in [2.45, 2.75) is 44.8 Å². The minimum Gasteiger partial charge on any atom is -0.475 e. The van der Waals surface area contributed by atoms with E-state index in [4.69, 9.17) is 9.26 Å². The number of rotatable bonds is 6. The number of hydrogen-bond donors (Lipinski definition) is 1. The topological polar surface area (TPSA) is 92.9 Å². The minimum absolute atomic E-state index is 0.0668. The first-order chi connectivity index (χ1) is 12.0. The van der Waals surface area contributed by atoms with Crippen LogP contribution in [0.15, 0.2) is 16.7 Å². The van der Waals surface area contributed by atoms with Crippen LogP contribution in [0, 0.1) is 5.92 Å². The molecule has 1 N–H and O–H groups in total. The van der Waals surface area contributed by atoms with Gasteiger partial charge in [0, 0.05) is 5.92 Å². The van der Waals surface area contributed by atoms with Gasteiger partial charge in [0.1, 0.15) is 5.56 Å². The Kier molecular flexibility index (Phi) is 4.79. The van der Waals surface area contributed by atoms with Gasteiger partial charge in [0.25, 0.3) is 5.88 Å². The Hall–Kier alpha value is -1.99. The second kappa shape index (κ2) is 6.72. The quantitative estimate of drug-likeness (QED) is 0.620. The number of ketones is 2. The number of Topliss-reactive ketones (excluding diaryl/α,β-unsaturated/α-hetero) is 1. The van der Waals surface area contributed by atoms with E-state index in [-0.39, 0.29) is 11.4 Å². The first kappa shape index (κ1) is 17.8. The summed E-state index contributed by atoms with van der Waals surface area (Å²) in [6, 6.07) is -0.423. The van der Waals surface area contributed by atoms with E-state index < -0.39 is 29.1 Å². The van der Waals surface area contributed by atoms with Crippen LogP contribution < -0.4 is 4.74 Å². The molecule has 7 nitrogen and oxygen atoms in total. The zero-order chi connectivity index (χ0) is 18.2. The summed E-state index contributed by atoms with van der Waals surface area (Å²) in [5.74, 6) is -1.42. The number of aromatic nitrogens is 1. The van der Waals surface area contributed by atoms with Crippen molar-refractivity contribution < 1.29 is 24.0 Å². The van der Waals surface area contributed by atoms with E-state index in [1.165, 1.54) is 6.08 Å². The lowest BCUT2D eigenvalue weighted by atomic mass is 9.65. The molecule has 0 aliphatic heterocycles. The third-order valence-electron chi connectivity index (χ3n) is 5.19. The highest BCUT2D eigenvalue weighted by molar-refractivity contribution is 6.23. The maximum Gasteiger partial charge on any atom is 0.265 e. The van der Waals surface area contributed by atoms with Crippen molar-refractivity contribution in [3.05, 3.63) is 23.5 Å². The molecule has 25 heavy (non-hydrogen) atoms. The highest BCUT2D eigenvalue weighted by atomic mass is 16.5. The third kappa shape index (κ3) is 2.62. The summed E-state index contributed by atoms with van der Waals surface area (Å²) < 4.78 is 11.1. The average molecular weight is 348 g/mol. The average Bonchev–Trinajstić information content (AvgIpc) is 3.01. The standard InChI is InChI=1S/C18H24N2O5/c1-4-6-10-24-17-13-15(25-19-17)14(20(3)5-2)11-8-7-9-12(21)18(11,23)16(13)22/h7,9,11,14,23H,4-6,8,10H2,1-3H3/t11?,14-,18-/m0/s1. The second-order valence-corrected chi connectivity index (χ2v) is 6.65. The van der Waals surface area contributed by atoms with Gasteiger partial charge in [-0.3, -0.25) is 14.5 Å². The summed E-state index contributed by atoms with van der Waals surface area (Å²) in [5, 5.41) is 15.0. The van der Waals surface area contributed by atoms with Crippen molar-refractivity contribution in [2.24, 2.45) is 5.92 Å². The van der Waals surface area contributed by atoms with E-state index in [0.717, 1.165) is 12.8 Å². The van der Waals surface area contributed by atoms with Gasteiger partial charge in [0.15, 0.2) is 17.1 Å². The van der Waals surface area contributed by atoms with Gasteiger partial charge >= 0.3 is 0 Å². The van der Waals surface area contributed by atoms with Gasteiger partial charge in [0.05, 0.1) is 12.6 Å². The zero-order valence-corrected chi connectivity index (χ0v) is 14.8. The molecule has 1 heterocycles. The smallest absolute Gasteiger partial charge is 0.265 e. The molecule has 3 rings (SSSR count). The van der Waals surface area contributed by atoms with Crippen molar-refractivity contribution in [2.75, 3.05) is 20.2 Å². The number of nitrogens with zero attached hydrogens (tertiary/aromatic N) is 2. The first-order valence-corrected chi connectivity index (χ1v) is 8.77.